The van der Waals surface area contributed by atoms with Gasteiger partial charge in [0.05, 0.1) is 11.6 Å². The van der Waals surface area contributed by atoms with Crippen LogP contribution >= 0.6 is 27.5 Å². The van der Waals surface area contributed by atoms with Gasteiger partial charge in [0.2, 0.25) is 0 Å². The highest BCUT2D eigenvalue weighted by Gasteiger charge is 2.13. The minimum Gasteiger partial charge on any atom is -0.290 e. The van der Waals surface area contributed by atoms with E-state index in [1.807, 2.05) is 16.5 Å². The van der Waals surface area contributed by atoms with Crippen LogP contribution in [0.2, 0.25) is 5.15 Å². The highest BCUT2D eigenvalue weighted by molar-refractivity contribution is 9.10. The molecule has 0 N–H and O–H groups in total. The van der Waals surface area contributed by atoms with E-state index in [9.17, 15) is 0 Å². The molecule has 0 aliphatic carbocycles. The number of hydrogen-bond acceptors (Lipinski definition) is 3. The zero-order valence-electron chi connectivity index (χ0n) is 9.51. The van der Waals surface area contributed by atoms with E-state index in [0.29, 0.717) is 16.4 Å². The monoisotopic (exact) mass is 332 g/mol. The molecular weight excluding hydrogens is 328 g/mol. The molecule has 2 heterocycles. The molecule has 2 aromatic heterocycles. The van der Waals surface area contributed by atoms with Crippen LogP contribution in [0.15, 0.2) is 41.3 Å². The Morgan fingerprint density at radius 1 is 1.26 bits per heavy atom. The summed E-state index contributed by atoms with van der Waals surface area (Å²) in [6.07, 6.45) is 3.40. The number of nitriles is 1. The summed E-state index contributed by atoms with van der Waals surface area (Å²) in [5.41, 5.74) is 2.88. The predicted molar refractivity (Wildman–Crippen MR) is 75.8 cm³/mol. The SMILES string of the molecule is N#Cc1ccc(-c2nc3c(Cl)nccn3c2Br)cc1. The van der Waals surface area contributed by atoms with Crippen molar-refractivity contribution in [1.82, 2.24) is 14.4 Å². The zero-order valence-corrected chi connectivity index (χ0v) is 11.9. The lowest BCUT2D eigenvalue weighted by Gasteiger charge is -1.98. The van der Waals surface area contributed by atoms with Gasteiger partial charge < -0.3 is 0 Å². The van der Waals surface area contributed by atoms with Gasteiger partial charge in [-0.25, -0.2) is 9.97 Å². The maximum atomic E-state index is 8.80. The summed E-state index contributed by atoms with van der Waals surface area (Å²) in [5, 5.41) is 9.15. The third-order valence-corrected chi connectivity index (χ3v) is 3.75. The van der Waals surface area contributed by atoms with Crippen LogP contribution in [-0.2, 0) is 0 Å². The topological polar surface area (TPSA) is 54.0 Å². The van der Waals surface area contributed by atoms with E-state index >= 15 is 0 Å². The smallest absolute Gasteiger partial charge is 0.176 e. The van der Waals surface area contributed by atoms with Gasteiger partial charge in [0, 0.05) is 18.0 Å². The van der Waals surface area contributed by atoms with Crippen molar-refractivity contribution < 1.29 is 0 Å². The number of imidazole rings is 1. The van der Waals surface area contributed by atoms with Gasteiger partial charge in [-0.2, -0.15) is 5.26 Å². The number of hydrogen-bond donors (Lipinski definition) is 0. The molecule has 0 fully saturated rings. The standard InChI is InChI=1S/C13H6BrClN4/c14-11-10(9-3-1-8(7-16)2-4-9)18-13-12(15)17-5-6-19(11)13/h1-6H. The third kappa shape index (κ3) is 1.99. The number of fused-ring (bicyclic) bond motifs is 1. The van der Waals surface area contributed by atoms with Crippen molar-refractivity contribution in [3.63, 3.8) is 0 Å². The van der Waals surface area contributed by atoms with Crippen LogP contribution in [0.1, 0.15) is 5.56 Å². The highest BCUT2D eigenvalue weighted by Crippen LogP contribution is 2.30. The Balaban J connectivity index is 2.22. The summed E-state index contributed by atoms with van der Waals surface area (Å²) in [6, 6.07) is 9.31. The van der Waals surface area contributed by atoms with E-state index in [-0.39, 0.29) is 0 Å². The molecule has 3 aromatic rings. The summed E-state index contributed by atoms with van der Waals surface area (Å²) in [5.74, 6) is 0. The summed E-state index contributed by atoms with van der Waals surface area (Å²) in [4.78, 5) is 8.48. The van der Waals surface area contributed by atoms with Crippen molar-refractivity contribution >= 4 is 33.2 Å². The maximum Gasteiger partial charge on any atom is 0.176 e. The molecule has 0 bridgehead atoms. The number of nitrogens with zero attached hydrogens (tertiary/aromatic N) is 4. The Morgan fingerprint density at radius 3 is 2.63 bits per heavy atom. The van der Waals surface area contributed by atoms with Crippen LogP contribution in [0.4, 0.5) is 0 Å². The average Bonchev–Trinajstić information content (AvgIpc) is 2.78. The Morgan fingerprint density at radius 2 is 2.00 bits per heavy atom. The molecule has 0 aliphatic heterocycles. The molecule has 3 rings (SSSR count). The van der Waals surface area contributed by atoms with Crippen LogP contribution < -0.4 is 0 Å². The van der Waals surface area contributed by atoms with Gasteiger partial charge in [-0.05, 0) is 28.1 Å². The average molecular weight is 334 g/mol. The molecule has 0 saturated heterocycles. The molecule has 0 aliphatic rings. The van der Waals surface area contributed by atoms with Gasteiger partial charge in [0.15, 0.2) is 10.8 Å². The first-order valence-corrected chi connectivity index (χ1v) is 6.56. The van der Waals surface area contributed by atoms with Gasteiger partial charge >= 0.3 is 0 Å². The third-order valence-electron chi connectivity index (χ3n) is 2.73. The Labute approximate surface area is 122 Å². The lowest BCUT2D eigenvalue weighted by molar-refractivity contribution is 1.10. The zero-order chi connectivity index (χ0) is 13.4. The Kier molecular flexibility index (Phi) is 2.97. The summed E-state index contributed by atoms with van der Waals surface area (Å²) < 4.78 is 2.62. The second kappa shape index (κ2) is 4.65. The van der Waals surface area contributed by atoms with Crippen LogP contribution in [0.5, 0.6) is 0 Å². The number of halogens is 2. The Bertz CT molecular complexity index is 802. The van der Waals surface area contributed by atoms with Crippen molar-refractivity contribution in [2.24, 2.45) is 0 Å². The fourth-order valence-corrected chi connectivity index (χ4v) is 2.60. The second-order valence-electron chi connectivity index (χ2n) is 3.85. The van der Waals surface area contributed by atoms with Gasteiger partial charge in [0.25, 0.3) is 0 Å². The molecule has 19 heavy (non-hydrogen) atoms. The van der Waals surface area contributed by atoms with Crippen molar-refractivity contribution in [1.29, 1.82) is 5.26 Å². The molecule has 0 radical (unpaired) electrons. The van der Waals surface area contributed by atoms with Crippen molar-refractivity contribution in [3.8, 4) is 17.3 Å². The quantitative estimate of drug-likeness (QED) is 0.682. The number of rotatable bonds is 1. The largest absolute Gasteiger partial charge is 0.290 e. The molecule has 6 heteroatoms. The first-order chi connectivity index (χ1) is 9.20. The van der Waals surface area contributed by atoms with Crippen molar-refractivity contribution in [2.45, 2.75) is 0 Å². The van der Waals surface area contributed by atoms with Gasteiger partial charge in [-0.3, -0.25) is 4.40 Å². The van der Waals surface area contributed by atoms with Crippen LogP contribution in [0.25, 0.3) is 16.9 Å². The summed E-state index contributed by atoms with van der Waals surface area (Å²) in [7, 11) is 0. The van der Waals surface area contributed by atoms with Crippen molar-refractivity contribution in [3.05, 3.63) is 52.0 Å². The maximum absolute atomic E-state index is 8.80. The lowest BCUT2D eigenvalue weighted by atomic mass is 10.1. The Hall–Kier alpha value is -1.90. The predicted octanol–water partition coefficient (Wildman–Crippen LogP) is 3.68. The van der Waals surface area contributed by atoms with Crippen molar-refractivity contribution in [2.75, 3.05) is 0 Å². The summed E-state index contributed by atoms with van der Waals surface area (Å²) in [6.45, 7) is 0. The molecule has 0 unspecified atom stereocenters. The first kappa shape index (κ1) is 12.2. The van der Waals surface area contributed by atoms with E-state index < -0.39 is 0 Å². The molecule has 0 atom stereocenters. The summed E-state index contributed by atoms with van der Waals surface area (Å²) >= 11 is 9.53. The van der Waals surface area contributed by atoms with E-state index in [1.165, 1.54) is 0 Å². The molecule has 1 aromatic carbocycles. The first-order valence-electron chi connectivity index (χ1n) is 5.39. The molecular formula is C13H6BrClN4. The minimum atomic E-state index is 0.350. The highest BCUT2D eigenvalue weighted by atomic mass is 79.9. The lowest BCUT2D eigenvalue weighted by Crippen LogP contribution is -1.86. The minimum absolute atomic E-state index is 0.350. The van der Waals surface area contributed by atoms with Crippen LogP contribution in [0.3, 0.4) is 0 Å². The van der Waals surface area contributed by atoms with Gasteiger partial charge in [-0.1, -0.05) is 23.7 Å². The van der Waals surface area contributed by atoms with Crippen LogP contribution in [0, 0.1) is 11.3 Å². The fourth-order valence-electron chi connectivity index (χ4n) is 1.80. The molecule has 0 saturated carbocycles. The van der Waals surface area contributed by atoms with E-state index in [0.717, 1.165) is 15.9 Å². The molecule has 4 nitrogen and oxygen atoms in total. The van der Waals surface area contributed by atoms with E-state index in [4.69, 9.17) is 16.9 Å². The molecule has 0 spiro atoms. The normalized spacial score (nSPS) is 10.6. The number of benzene rings is 1. The van der Waals surface area contributed by atoms with E-state index in [2.05, 4.69) is 32.0 Å². The van der Waals surface area contributed by atoms with Gasteiger partial charge in [0.1, 0.15) is 10.3 Å². The molecule has 0 amide bonds. The van der Waals surface area contributed by atoms with E-state index in [1.54, 1.807) is 24.5 Å². The molecule has 92 valence electrons. The van der Waals surface area contributed by atoms with Gasteiger partial charge in [-0.15, -0.1) is 0 Å². The van der Waals surface area contributed by atoms with Crippen LogP contribution in [-0.4, -0.2) is 14.4 Å². The second-order valence-corrected chi connectivity index (χ2v) is 4.96. The number of aromatic nitrogens is 3. The fraction of sp³-hybridized carbons (Fsp3) is 0.